The summed E-state index contributed by atoms with van der Waals surface area (Å²) in [6, 6.07) is 4.58. The van der Waals surface area contributed by atoms with E-state index >= 15 is 0 Å². The van der Waals surface area contributed by atoms with E-state index in [4.69, 9.17) is 10.9 Å². The number of nitrogens with one attached hydrogen (secondary N) is 1. The second kappa shape index (κ2) is 6.68. The van der Waals surface area contributed by atoms with Crippen molar-refractivity contribution in [3.63, 3.8) is 0 Å². The van der Waals surface area contributed by atoms with Crippen molar-refractivity contribution in [2.45, 2.75) is 38.3 Å². The van der Waals surface area contributed by atoms with Crippen LogP contribution in [0.2, 0.25) is 0 Å². The number of hydrogen-bond donors (Lipinski definition) is 3. The Bertz CT molecular complexity index is 372. The lowest BCUT2D eigenvalue weighted by atomic mass is 10.1. The van der Waals surface area contributed by atoms with E-state index < -0.39 is 0 Å². The summed E-state index contributed by atoms with van der Waals surface area (Å²) >= 11 is 0. The van der Waals surface area contributed by atoms with Gasteiger partial charge in [-0.25, -0.2) is 10.8 Å². The molecule has 5 heteroatoms. The molecule has 0 spiro atoms. The molecule has 2 rings (SSSR count). The fraction of sp³-hybridized carbons (Fsp3) is 0.615. The Morgan fingerprint density at radius 2 is 2.44 bits per heavy atom. The third-order valence-corrected chi connectivity index (χ3v) is 3.60. The van der Waals surface area contributed by atoms with Crippen LogP contribution in [-0.4, -0.2) is 34.2 Å². The molecule has 100 valence electrons. The lowest BCUT2D eigenvalue weighted by Gasteiger charge is -2.25. The number of pyridine rings is 1. The van der Waals surface area contributed by atoms with Crippen LogP contribution in [0.4, 0.5) is 5.82 Å². The molecule has 4 N–H and O–H groups in total. The van der Waals surface area contributed by atoms with Crippen LogP contribution in [0.25, 0.3) is 0 Å². The molecular formula is C13H22N4O. The third kappa shape index (κ3) is 3.19. The van der Waals surface area contributed by atoms with Crippen LogP contribution in [-0.2, 0) is 6.54 Å². The Labute approximate surface area is 108 Å². The first-order valence-electron chi connectivity index (χ1n) is 6.60. The minimum atomic E-state index is 0.285. The van der Waals surface area contributed by atoms with E-state index in [1.165, 1.54) is 12.8 Å². The average molecular weight is 250 g/mol. The molecule has 0 amide bonds. The summed E-state index contributed by atoms with van der Waals surface area (Å²) in [6.45, 7) is 2.28. The number of nitrogen functional groups attached to an aromatic ring is 1. The number of hydrazine groups is 1. The van der Waals surface area contributed by atoms with Crippen LogP contribution >= 0.6 is 0 Å². The molecule has 1 aromatic rings. The van der Waals surface area contributed by atoms with Gasteiger partial charge in [0.1, 0.15) is 5.82 Å². The highest BCUT2D eigenvalue weighted by Gasteiger charge is 2.24. The first-order valence-corrected chi connectivity index (χ1v) is 6.60. The van der Waals surface area contributed by atoms with Gasteiger partial charge in [-0.2, -0.15) is 0 Å². The summed E-state index contributed by atoms with van der Waals surface area (Å²) < 4.78 is 0. The van der Waals surface area contributed by atoms with Crippen molar-refractivity contribution in [3.05, 3.63) is 23.9 Å². The van der Waals surface area contributed by atoms with E-state index in [0.29, 0.717) is 6.04 Å². The van der Waals surface area contributed by atoms with Crippen molar-refractivity contribution < 1.29 is 5.11 Å². The number of aliphatic hydroxyl groups is 1. The van der Waals surface area contributed by atoms with Gasteiger partial charge in [0.25, 0.3) is 0 Å². The molecule has 1 aromatic heterocycles. The van der Waals surface area contributed by atoms with E-state index in [2.05, 4.69) is 21.4 Å². The molecule has 1 fully saturated rings. The van der Waals surface area contributed by atoms with Crippen LogP contribution in [0.5, 0.6) is 0 Å². The lowest BCUT2D eigenvalue weighted by Crippen LogP contribution is -2.29. The molecule has 1 saturated heterocycles. The highest BCUT2D eigenvalue weighted by molar-refractivity contribution is 5.42. The van der Waals surface area contributed by atoms with Crippen LogP contribution < -0.4 is 11.3 Å². The third-order valence-electron chi connectivity index (χ3n) is 3.60. The van der Waals surface area contributed by atoms with Gasteiger partial charge in [0, 0.05) is 31.0 Å². The summed E-state index contributed by atoms with van der Waals surface area (Å²) in [5, 5.41) is 8.93. The predicted octanol–water partition coefficient (Wildman–Crippen LogP) is 1.10. The molecule has 5 nitrogen and oxygen atoms in total. The van der Waals surface area contributed by atoms with Gasteiger partial charge in [-0.3, -0.25) is 4.90 Å². The fourth-order valence-corrected chi connectivity index (χ4v) is 2.67. The number of aromatic nitrogens is 1. The van der Waals surface area contributed by atoms with Crippen LogP contribution in [0, 0.1) is 0 Å². The summed E-state index contributed by atoms with van der Waals surface area (Å²) in [4.78, 5) is 6.69. The van der Waals surface area contributed by atoms with Gasteiger partial charge in [-0.1, -0.05) is 6.07 Å². The number of nitrogens with two attached hydrogens (primary N) is 1. The fourth-order valence-electron chi connectivity index (χ4n) is 2.67. The van der Waals surface area contributed by atoms with E-state index in [9.17, 15) is 0 Å². The molecule has 1 aliphatic rings. The Balaban J connectivity index is 1.99. The number of aliphatic hydroxyl groups excluding tert-OH is 1. The molecule has 0 aromatic carbocycles. The Hall–Kier alpha value is -1.17. The van der Waals surface area contributed by atoms with Crippen molar-refractivity contribution in [1.29, 1.82) is 0 Å². The number of anilines is 1. The van der Waals surface area contributed by atoms with Crippen LogP contribution in [0.3, 0.4) is 0 Å². The standard InChI is InChI=1S/C13H22N4O/c14-16-13-11(4-1-7-15-13)10-17-8-2-5-12(17)6-3-9-18/h1,4,7,12,18H,2-3,5-6,8-10,14H2,(H,15,16). The maximum Gasteiger partial charge on any atom is 0.144 e. The molecule has 0 bridgehead atoms. The Kier molecular flexibility index (Phi) is 4.92. The Morgan fingerprint density at radius 1 is 1.56 bits per heavy atom. The average Bonchev–Trinajstić information content (AvgIpc) is 2.84. The normalized spacial score (nSPS) is 20.2. The Morgan fingerprint density at radius 3 is 3.22 bits per heavy atom. The second-order valence-corrected chi connectivity index (χ2v) is 4.79. The summed E-state index contributed by atoms with van der Waals surface area (Å²) in [5.74, 6) is 6.23. The maximum absolute atomic E-state index is 8.93. The molecular weight excluding hydrogens is 228 g/mol. The van der Waals surface area contributed by atoms with Gasteiger partial charge in [0.15, 0.2) is 0 Å². The quantitative estimate of drug-likeness (QED) is 0.521. The molecule has 1 unspecified atom stereocenters. The van der Waals surface area contributed by atoms with Crippen molar-refractivity contribution in [1.82, 2.24) is 9.88 Å². The van der Waals surface area contributed by atoms with Gasteiger partial charge in [-0.05, 0) is 38.3 Å². The predicted molar refractivity (Wildman–Crippen MR) is 71.8 cm³/mol. The van der Waals surface area contributed by atoms with Gasteiger partial charge >= 0.3 is 0 Å². The SMILES string of the molecule is NNc1ncccc1CN1CCCC1CCCO. The lowest BCUT2D eigenvalue weighted by molar-refractivity contribution is 0.210. The topological polar surface area (TPSA) is 74.4 Å². The van der Waals surface area contributed by atoms with Gasteiger partial charge in [-0.15, -0.1) is 0 Å². The highest BCUT2D eigenvalue weighted by Crippen LogP contribution is 2.24. The molecule has 1 atom stereocenters. The summed E-state index contributed by atoms with van der Waals surface area (Å²) in [5.41, 5.74) is 3.78. The number of hydrogen-bond acceptors (Lipinski definition) is 5. The van der Waals surface area contributed by atoms with Crippen LogP contribution in [0.15, 0.2) is 18.3 Å². The van der Waals surface area contributed by atoms with E-state index in [1.54, 1.807) is 6.20 Å². The first-order chi connectivity index (χ1) is 8.85. The molecule has 1 aliphatic heterocycles. The van der Waals surface area contributed by atoms with Crippen molar-refractivity contribution in [2.75, 3.05) is 18.6 Å². The molecule has 0 radical (unpaired) electrons. The smallest absolute Gasteiger partial charge is 0.144 e. The van der Waals surface area contributed by atoms with E-state index in [-0.39, 0.29) is 6.61 Å². The molecule has 2 heterocycles. The summed E-state index contributed by atoms with van der Waals surface area (Å²) in [6.07, 6.45) is 6.16. The minimum absolute atomic E-state index is 0.285. The monoisotopic (exact) mass is 250 g/mol. The van der Waals surface area contributed by atoms with Crippen molar-refractivity contribution >= 4 is 5.82 Å². The minimum Gasteiger partial charge on any atom is -0.396 e. The zero-order valence-electron chi connectivity index (χ0n) is 10.7. The van der Waals surface area contributed by atoms with Crippen molar-refractivity contribution in [3.8, 4) is 0 Å². The van der Waals surface area contributed by atoms with Gasteiger partial charge in [0.2, 0.25) is 0 Å². The largest absolute Gasteiger partial charge is 0.396 e. The second-order valence-electron chi connectivity index (χ2n) is 4.79. The molecule has 0 aliphatic carbocycles. The van der Waals surface area contributed by atoms with E-state index in [0.717, 1.165) is 37.3 Å². The zero-order valence-corrected chi connectivity index (χ0v) is 10.7. The zero-order chi connectivity index (χ0) is 12.8. The molecule has 18 heavy (non-hydrogen) atoms. The number of likely N-dealkylation sites (tertiary alicyclic amines) is 1. The van der Waals surface area contributed by atoms with Gasteiger partial charge < -0.3 is 10.5 Å². The maximum atomic E-state index is 8.93. The van der Waals surface area contributed by atoms with Gasteiger partial charge in [0.05, 0.1) is 0 Å². The number of rotatable bonds is 6. The molecule has 0 saturated carbocycles. The van der Waals surface area contributed by atoms with E-state index in [1.807, 2.05) is 6.07 Å². The van der Waals surface area contributed by atoms with Crippen LogP contribution in [0.1, 0.15) is 31.2 Å². The first kappa shape index (κ1) is 13.3. The summed E-state index contributed by atoms with van der Waals surface area (Å²) in [7, 11) is 0. The number of nitrogens with zero attached hydrogens (tertiary/aromatic N) is 2. The van der Waals surface area contributed by atoms with Crippen molar-refractivity contribution in [2.24, 2.45) is 5.84 Å². The highest BCUT2D eigenvalue weighted by atomic mass is 16.2.